The molecule has 16 heavy (non-hydrogen) atoms. The molecule has 0 unspecified atom stereocenters. The highest BCUT2D eigenvalue weighted by molar-refractivity contribution is 7.55. The van der Waals surface area contributed by atoms with Gasteiger partial charge < -0.3 is 5.11 Å². The van der Waals surface area contributed by atoms with Gasteiger partial charge in [0.25, 0.3) is 0 Å². The minimum Gasteiger partial charge on any atom is -0.508 e. The van der Waals surface area contributed by atoms with Gasteiger partial charge in [-0.15, -0.1) is 0 Å². The Hall–Kier alpha value is -1.03. The molecule has 0 aromatic heterocycles. The zero-order chi connectivity index (χ0) is 12.0. The van der Waals surface area contributed by atoms with Crippen molar-refractivity contribution in [2.75, 3.05) is 18.3 Å². The maximum absolute atomic E-state index is 12.0. The second kappa shape index (κ2) is 5.89. The number of benzene rings is 1. The second-order valence-corrected chi connectivity index (χ2v) is 4.73. The first-order chi connectivity index (χ1) is 7.59. The summed E-state index contributed by atoms with van der Waals surface area (Å²) in [6.07, 6.45) is 0. The third-order valence-electron chi connectivity index (χ3n) is 1.73. The van der Waals surface area contributed by atoms with Crippen molar-refractivity contribution < 1.29 is 18.7 Å². The summed E-state index contributed by atoms with van der Waals surface area (Å²) in [4.78, 5) is 0. The molecule has 1 aromatic rings. The molecule has 0 saturated carbocycles. The monoisotopic (exact) mass is 245 g/mol. The molecule has 0 saturated heterocycles. The Balaban J connectivity index is 2.75. The number of nitrogens with one attached hydrogen (secondary N) is 1. The lowest BCUT2D eigenvalue weighted by atomic mass is 10.3. The molecule has 0 heterocycles. The quantitative estimate of drug-likeness (QED) is 0.595. The van der Waals surface area contributed by atoms with Gasteiger partial charge in [-0.25, -0.2) is 4.57 Å². The van der Waals surface area contributed by atoms with Crippen molar-refractivity contribution in [3.8, 4) is 5.75 Å². The van der Waals surface area contributed by atoms with Crippen LogP contribution in [0.1, 0.15) is 13.8 Å². The third kappa shape index (κ3) is 3.85. The number of aromatic hydroxyl groups is 1. The smallest absolute Gasteiger partial charge is 0.432 e. The van der Waals surface area contributed by atoms with Crippen LogP contribution in [0.4, 0.5) is 5.69 Å². The van der Waals surface area contributed by atoms with Gasteiger partial charge in [-0.3, -0.25) is 14.1 Å². The standard InChI is InChI=1S/C10H16NO4P/c1-3-14-16(13,15-4-2)11-9-5-7-10(12)8-6-9/h5-8,12H,3-4H2,1-2H3,(H,11,13). The first kappa shape index (κ1) is 13.0. The molecule has 2 N–H and O–H groups in total. The molecular weight excluding hydrogens is 229 g/mol. The maximum Gasteiger partial charge on any atom is 0.432 e. The first-order valence-electron chi connectivity index (χ1n) is 5.06. The van der Waals surface area contributed by atoms with Gasteiger partial charge in [-0.05, 0) is 38.1 Å². The lowest BCUT2D eigenvalue weighted by Crippen LogP contribution is -2.04. The number of phenols is 1. The van der Waals surface area contributed by atoms with Crippen molar-refractivity contribution in [1.29, 1.82) is 0 Å². The Morgan fingerprint density at radius 1 is 1.19 bits per heavy atom. The van der Waals surface area contributed by atoms with Crippen LogP contribution in [0.5, 0.6) is 5.75 Å². The normalized spacial score (nSPS) is 11.4. The van der Waals surface area contributed by atoms with Crippen molar-refractivity contribution in [3.05, 3.63) is 24.3 Å². The van der Waals surface area contributed by atoms with Gasteiger partial charge in [0.1, 0.15) is 5.75 Å². The molecular formula is C10H16NO4P. The number of phenolic OH excluding ortho intramolecular Hbond substituents is 1. The Kier molecular flexibility index (Phi) is 4.80. The fourth-order valence-corrected chi connectivity index (χ4v) is 2.48. The van der Waals surface area contributed by atoms with Gasteiger partial charge in [0.05, 0.1) is 13.2 Å². The van der Waals surface area contributed by atoms with Crippen LogP contribution in [0.15, 0.2) is 24.3 Å². The summed E-state index contributed by atoms with van der Waals surface area (Å²) >= 11 is 0. The number of hydrogen-bond donors (Lipinski definition) is 2. The highest BCUT2D eigenvalue weighted by Gasteiger charge is 2.23. The molecule has 1 rings (SSSR count). The van der Waals surface area contributed by atoms with E-state index in [1.54, 1.807) is 26.0 Å². The molecule has 6 heteroatoms. The molecule has 5 nitrogen and oxygen atoms in total. The summed E-state index contributed by atoms with van der Waals surface area (Å²) in [7, 11) is -3.29. The maximum atomic E-state index is 12.0. The third-order valence-corrected chi connectivity index (χ3v) is 3.46. The fourth-order valence-electron chi connectivity index (χ4n) is 1.14. The average Bonchev–Trinajstić information content (AvgIpc) is 2.22. The van der Waals surface area contributed by atoms with Crippen LogP contribution in [0, 0.1) is 0 Å². The summed E-state index contributed by atoms with van der Waals surface area (Å²) in [5.74, 6) is 0.146. The van der Waals surface area contributed by atoms with Crippen LogP contribution in [0.2, 0.25) is 0 Å². The van der Waals surface area contributed by atoms with Gasteiger partial charge in [0.2, 0.25) is 0 Å². The Bertz CT molecular complexity index is 356. The largest absolute Gasteiger partial charge is 0.508 e. The average molecular weight is 245 g/mol. The first-order valence-corrected chi connectivity index (χ1v) is 6.60. The van der Waals surface area contributed by atoms with Crippen LogP contribution >= 0.6 is 7.75 Å². The molecule has 0 atom stereocenters. The molecule has 0 radical (unpaired) electrons. The van der Waals surface area contributed by atoms with E-state index in [2.05, 4.69) is 5.09 Å². The van der Waals surface area contributed by atoms with E-state index in [-0.39, 0.29) is 5.75 Å². The van der Waals surface area contributed by atoms with Gasteiger partial charge in [-0.2, -0.15) is 0 Å². The second-order valence-electron chi connectivity index (χ2n) is 2.99. The summed E-state index contributed by atoms with van der Waals surface area (Å²) in [5, 5.41) is 11.8. The van der Waals surface area contributed by atoms with Crippen molar-refractivity contribution in [2.24, 2.45) is 0 Å². The van der Waals surface area contributed by atoms with Crippen molar-refractivity contribution in [2.45, 2.75) is 13.8 Å². The van der Waals surface area contributed by atoms with E-state index in [9.17, 15) is 4.57 Å². The predicted octanol–water partition coefficient (Wildman–Crippen LogP) is 2.99. The molecule has 0 aliphatic heterocycles. The summed E-state index contributed by atoms with van der Waals surface area (Å²) in [6.45, 7) is 4.07. The van der Waals surface area contributed by atoms with Crippen LogP contribution in [0.25, 0.3) is 0 Å². The minimum absolute atomic E-state index is 0.146. The van der Waals surface area contributed by atoms with Crippen LogP contribution in [-0.2, 0) is 13.6 Å². The van der Waals surface area contributed by atoms with E-state index in [0.717, 1.165) is 0 Å². The zero-order valence-electron chi connectivity index (χ0n) is 9.34. The number of hydrogen-bond acceptors (Lipinski definition) is 4. The van der Waals surface area contributed by atoms with E-state index >= 15 is 0 Å². The molecule has 90 valence electrons. The van der Waals surface area contributed by atoms with Crippen molar-refractivity contribution in [1.82, 2.24) is 0 Å². The van der Waals surface area contributed by atoms with E-state index in [0.29, 0.717) is 18.9 Å². The fraction of sp³-hybridized carbons (Fsp3) is 0.400. The van der Waals surface area contributed by atoms with E-state index in [4.69, 9.17) is 14.2 Å². The van der Waals surface area contributed by atoms with Gasteiger partial charge >= 0.3 is 7.75 Å². The topological polar surface area (TPSA) is 67.8 Å². The molecule has 0 amide bonds. The molecule has 0 aliphatic carbocycles. The highest BCUT2D eigenvalue weighted by Crippen LogP contribution is 2.47. The van der Waals surface area contributed by atoms with Crippen LogP contribution < -0.4 is 5.09 Å². The molecule has 0 spiro atoms. The lowest BCUT2D eigenvalue weighted by molar-refractivity contribution is 0.225. The summed E-state index contributed by atoms with van der Waals surface area (Å²) < 4.78 is 22.2. The SMILES string of the molecule is CCOP(=O)(Nc1ccc(O)cc1)OCC. The van der Waals surface area contributed by atoms with E-state index in [1.807, 2.05) is 0 Å². The molecule has 1 aromatic carbocycles. The van der Waals surface area contributed by atoms with Crippen LogP contribution in [0.3, 0.4) is 0 Å². The van der Waals surface area contributed by atoms with Gasteiger partial charge in [-0.1, -0.05) is 0 Å². The summed E-state index contributed by atoms with van der Waals surface area (Å²) in [5.41, 5.74) is 0.572. The Labute approximate surface area is 95.0 Å². The highest BCUT2D eigenvalue weighted by atomic mass is 31.2. The molecule has 0 fully saturated rings. The number of rotatable bonds is 6. The zero-order valence-corrected chi connectivity index (χ0v) is 10.2. The van der Waals surface area contributed by atoms with Gasteiger partial charge in [0, 0.05) is 5.69 Å². The molecule has 0 aliphatic rings. The lowest BCUT2D eigenvalue weighted by Gasteiger charge is -2.18. The van der Waals surface area contributed by atoms with Crippen molar-refractivity contribution >= 4 is 13.4 Å². The van der Waals surface area contributed by atoms with E-state index < -0.39 is 7.75 Å². The minimum atomic E-state index is -3.29. The Morgan fingerprint density at radius 3 is 2.12 bits per heavy atom. The van der Waals surface area contributed by atoms with Crippen LogP contribution in [-0.4, -0.2) is 18.3 Å². The Morgan fingerprint density at radius 2 is 1.69 bits per heavy atom. The van der Waals surface area contributed by atoms with E-state index in [1.165, 1.54) is 12.1 Å². The van der Waals surface area contributed by atoms with Crippen molar-refractivity contribution in [3.63, 3.8) is 0 Å². The molecule has 0 bridgehead atoms. The predicted molar refractivity (Wildman–Crippen MR) is 62.6 cm³/mol. The van der Waals surface area contributed by atoms with Gasteiger partial charge in [0.15, 0.2) is 0 Å². The number of anilines is 1. The summed E-state index contributed by atoms with van der Waals surface area (Å²) in [6, 6.07) is 6.18.